The number of halogens is 1. The molecule has 1 aromatic heterocycles. The number of nitrogens with one attached hydrogen (secondary N) is 2. The minimum absolute atomic E-state index is 0. The number of rotatable bonds is 5. The highest BCUT2D eigenvalue weighted by Gasteiger charge is 2.35. The lowest BCUT2D eigenvalue weighted by molar-refractivity contribution is -0.0835. The van der Waals surface area contributed by atoms with E-state index in [-0.39, 0.29) is 35.5 Å². The minimum Gasteiger partial charge on any atom is -0.377 e. The molecule has 2 aliphatic rings. The first kappa shape index (κ1) is 22.4. The second-order valence-corrected chi connectivity index (χ2v) is 8.42. The number of nitrogens with zero attached hydrogens (tertiary/aromatic N) is 4. The maximum atomic E-state index is 6.09. The van der Waals surface area contributed by atoms with E-state index >= 15 is 0 Å². The molecule has 3 rings (SSSR count). The summed E-state index contributed by atoms with van der Waals surface area (Å²) in [5.74, 6) is 3.41. The number of aromatic nitrogens is 3. The van der Waals surface area contributed by atoms with Gasteiger partial charge in [-0.05, 0) is 31.6 Å². The van der Waals surface area contributed by atoms with Gasteiger partial charge in [0.15, 0.2) is 11.8 Å². The molecule has 0 aliphatic carbocycles. The van der Waals surface area contributed by atoms with Crippen LogP contribution in [-0.4, -0.2) is 46.5 Å². The van der Waals surface area contributed by atoms with Crippen molar-refractivity contribution < 1.29 is 4.74 Å². The first-order valence-electron chi connectivity index (χ1n) is 10.0. The van der Waals surface area contributed by atoms with Crippen molar-refractivity contribution >= 4 is 29.9 Å². The lowest BCUT2D eigenvalue weighted by atomic mass is 9.78. The number of aliphatic imine (C=N–C) groups is 1. The zero-order chi connectivity index (χ0) is 18.6. The molecule has 2 atom stereocenters. The predicted molar refractivity (Wildman–Crippen MR) is 118 cm³/mol. The number of aryl methyl sites for hydroxylation is 1. The molecule has 1 fully saturated rings. The fourth-order valence-corrected chi connectivity index (χ4v) is 4.06. The van der Waals surface area contributed by atoms with Crippen molar-refractivity contribution in [1.29, 1.82) is 0 Å². The van der Waals surface area contributed by atoms with E-state index in [2.05, 4.69) is 53.1 Å². The Morgan fingerprint density at radius 2 is 2.07 bits per heavy atom. The van der Waals surface area contributed by atoms with E-state index in [1.807, 2.05) is 0 Å². The van der Waals surface area contributed by atoms with Crippen LogP contribution in [0.5, 0.6) is 0 Å². The second-order valence-electron chi connectivity index (χ2n) is 8.42. The quantitative estimate of drug-likeness (QED) is 0.377. The van der Waals surface area contributed by atoms with Crippen molar-refractivity contribution in [2.24, 2.45) is 16.3 Å². The van der Waals surface area contributed by atoms with Crippen LogP contribution in [0.3, 0.4) is 0 Å². The van der Waals surface area contributed by atoms with E-state index in [4.69, 9.17) is 9.73 Å². The molecule has 1 saturated heterocycles. The van der Waals surface area contributed by atoms with E-state index in [0.717, 1.165) is 63.1 Å². The Balaban J connectivity index is 0.00000261. The van der Waals surface area contributed by atoms with Crippen LogP contribution in [0.15, 0.2) is 4.99 Å². The lowest BCUT2D eigenvalue weighted by Crippen LogP contribution is -2.47. The number of fused-ring (bicyclic) bond motifs is 1. The summed E-state index contributed by atoms with van der Waals surface area (Å²) in [5.41, 5.74) is 0.157. The van der Waals surface area contributed by atoms with Gasteiger partial charge in [0, 0.05) is 38.6 Å². The summed E-state index contributed by atoms with van der Waals surface area (Å²) in [6.45, 7) is 13.1. The molecule has 27 heavy (non-hydrogen) atoms. The van der Waals surface area contributed by atoms with Gasteiger partial charge in [0.2, 0.25) is 0 Å². The van der Waals surface area contributed by atoms with Gasteiger partial charge in [-0.1, -0.05) is 20.8 Å². The fourth-order valence-electron chi connectivity index (χ4n) is 4.06. The third-order valence-corrected chi connectivity index (χ3v) is 5.24. The summed E-state index contributed by atoms with van der Waals surface area (Å²) >= 11 is 0. The van der Waals surface area contributed by atoms with E-state index in [1.165, 1.54) is 6.42 Å². The van der Waals surface area contributed by atoms with Crippen LogP contribution in [-0.2, 0) is 24.2 Å². The van der Waals surface area contributed by atoms with Crippen LogP contribution in [0.4, 0.5) is 0 Å². The summed E-state index contributed by atoms with van der Waals surface area (Å²) in [6, 6.07) is 0. The van der Waals surface area contributed by atoms with Gasteiger partial charge in [0.1, 0.15) is 12.4 Å². The second kappa shape index (κ2) is 10.0. The number of guanidine groups is 1. The summed E-state index contributed by atoms with van der Waals surface area (Å²) in [5, 5.41) is 15.4. The Labute approximate surface area is 180 Å². The number of hydrogen-bond acceptors (Lipinski definition) is 4. The lowest BCUT2D eigenvalue weighted by Gasteiger charge is -2.40. The third-order valence-electron chi connectivity index (χ3n) is 5.24. The SMILES string of the molecule is CCNC(=NCc1nnc2n1CCC2)NCC1CCCOC1C(C)(C)C.I. The summed E-state index contributed by atoms with van der Waals surface area (Å²) in [7, 11) is 0. The van der Waals surface area contributed by atoms with Crippen molar-refractivity contribution in [1.82, 2.24) is 25.4 Å². The maximum absolute atomic E-state index is 6.09. The van der Waals surface area contributed by atoms with Crippen LogP contribution in [0.2, 0.25) is 0 Å². The van der Waals surface area contributed by atoms with E-state index in [9.17, 15) is 0 Å². The Morgan fingerprint density at radius 1 is 1.26 bits per heavy atom. The van der Waals surface area contributed by atoms with Crippen molar-refractivity contribution in [3.8, 4) is 0 Å². The van der Waals surface area contributed by atoms with Gasteiger partial charge in [-0.15, -0.1) is 34.2 Å². The fraction of sp³-hybridized carbons (Fsp3) is 0.842. The molecule has 2 N–H and O–H groups in total. The van der Waals surface area contributed by atoms with Gasteiger partial charge < -0.3 is 19.9 Å². The first-order chi connectivity index (χ1) is 12.5. The molecule has 0 aromatic carbocycles. The largest absolute Gasteiger partial charge is 0.377 e. The average molecular weight is 490 g/mol. The molecule has 7 nitrogen and oxygen atoms in total. The highest BCUT2D eigenvalue weighted by atomic mass is 127. The predicted octanol–water partition coefficient (Wildman–Crippen LogP) is 2.74. The summed E-state index contributed by atoms with van der Waals surface area (Å²) in [4.78, 5) is 4.74. The van der Waals surface area contributed by atoms with Gasteiger partial charge >= 0.3 is 0 Å². The molecular weight excluding hydrogens is 455 g/mol. The molecule has 3 heterocycles. The monoisotopic (exact) mass is 490 g/mol. The molecule has 1 aromatic rings. The van der Waals surface area contributed by atoms with Gasteiger partial charge in [-0.25, -0.2) is 4.99 Å². The topological polar surface area (TPSA) is 76.4 Å². The van der Waals surface area contributed by atoms with Crippen LogP contribution < -0.4 is 10.6 Å². The van der Waals surface area contributed by atoms with Crippen LogP contribution in [0.25, 0.3) is 0 Å². The summed E-state index contributed by atoms with van der Waals surface area (Å²) in [6.07, 6.45) is 4.82. The Kier molecular flexibility index (Phi) is 8.33. The Morgan fingerprint density at radius 3 is 2.81 bits per heavy atom. The van der Waals surface area contributed by atoms with Crippen molar-refractivity contribution in [2.45, 2.75) is 72.6 Å². The Bertz CT molecular complexity index is 624. The van der Waals surface area contributed by atoms with Gasteiger partial charge in [0.05, 0.1) is 6.10 Å². The van der Waals surface area contributed by atoms with Crippen LogP contribution in [0.1, 0.15) is 58.6 Å². The smallest absolute Gasteiger partial charge is 0.191 e. The normalized spacial score (nSPS) is 22.9. The third kappa shape index (κ3) is 5.79. The molecule has 2 aliphatic heterocycles. The van der Waals surface area contributed by atoms with Crippen LogP contribution in [0, 0.1) is 11.3 Å². The molecule has 0 spiro atoms. The Hall–Kier alpha value is -0.900. The number of hydrogen-bond donors (Lipinski definition) is 2. The zero-order valence-electron chi connectivity index (χ0n) is 17.1. The molecule has 0 bridgehead atoms. The van der Waals surface area contributed by atoms with E-state index in [0.29, 0.717) is 12.5 Å². The van der Waals surface area contributed by atoms with Crippen molar-refractivity contribution in [3.63, 3.8) is 0 Å². The molecular formula is C19H35IN6O. The van der Waals surface area contributed by atoms with E-state index < -0.39 is 0 Å². The first-order valence-corrected chi connectivity index (χ1v) is 10.0. The minimum atomic E-state index is 0. The molecule has 154 valence electrons. The molecule has 2 unspecified atom stereocenters. The molecule has 0 amide bonds. The average Bonchev–Trinajstić information content (AvgIpc) is 3.21. The van der Waals surface area contributed by atoms with Crippen molar-refractivity contribution in [3.05, 3.63) is 11.6 Å². The van der Waals surface area contributed by atoms with Gasteiger partial charge in [-0.2, -0.15) is 0 Å². The molecule has 8 heteroatoms. The zero-order valence-corrected chi connectivity index (χ0v) is 19.5. The standard InChI is InChI=1S/C19H34N6O.HI/c1-5-20-18(22-13-16-24-23-15-9-6-10-25(15)16)21-12-14-8-7-11-26-17(14)19(2,3)4;/h14,17H,5-13H2,1-4H3,(H2,20,21,22);1H. The van der Waals surface area contributed by atoms with E-state index in [1.54, 1.807) is 0 Å². The van der Waals surface area contributed by atoms with Gasteiger partial charge in [0.25, 0.3) is 0 Å². The highest BCUT2D eigenvalue weighted by molar-refractivity contribution is 14.0. The maximum Gasteiger partial charge on any atom is 0.191 e. The highest BCUT2D eigenvalue weighted by Crippen LogP contribution is 2.33. The number of ether oxygens (including phenoxy) is 1. The molecule has 0 radical (unpaired) electrons. The molecule has 0 saturated carbocycles. The summed E-state index contributed by atoms with van der Waals surface area (Å²) < 4.78 is 8.30. The van der Waals surface area contributed by atoms with Crippen molar-refractivity contribution in [2.75, 3.05) is 19.7 Å². The van der Waals surface area contributed by atoms with Gasteiger partial charge in [-0.3, -0.25) is 0 Å². The van der Waals surface area contributed by atoms with Crippen LogP contribution >= 0.6 is 24.0 Å².